The van der Waals surface area contributed by atoms with Crippen molar-refractivity contribution in [2.75, 3.05) is 18.0 Å². The predicted octanol–water partition coefficient (Wildman–Crippen LogP) is 3.07. The Labute approximate surface area is 115 Å². The fourth-order valence-electron chi connectivity index (χ4n) is 2.71. The number of benzene rings is 1. The molecule has 1 aliphatic rings. The van der Waals surface area contributed by atoms with Crippen LogP contribution in [0.3, 0.4) is 0 Å². The molecule has 1 saturated heterocycles. The van der Waals surface area contributed by atoms with E-state index in [0.717, 1.165) is 30.8 Å². The fourth-order valence-corrected chi connectivity index (χ4v) is 2.71. The Hall–Kier alpha value is -1.53. The smallest absolute Gasteiger partial charge is 0.101 e. The molecule has 1 aromatic rings. The summed E-state index contributed by atoms with van der Waals surface area (Å²) < 4.78 is 0. The molecule has 1 fully saturated rings. The van der Waals surface area contributed by atoms with E-state index in [-0.39, 0.29) is 6.61 Å². The van der Waals surface area contributed by atoms with E-state index in [9.17, 15) is 5.26 Å². The summed E-state index contributed by atoms with van der Waals surface area (Å²) in [6.07, 6.45) is 3.55. The molecule has 0 aliphatic carbocycles. The minimum absolute atomic E-state index is 0.0119. The lowest BCUT2D eigenvalue weighted by atomic mass is 9.85. The maximum Gasteiger partial charge on any atom is 0.101 e. The van der Waals surface area contributed by atoms with Crippen molar-refractivity contribution in [2.45, 2.75) is 39.7 Å². The SMILES string of the molecule is CC1(C)CCCN(c2ccc(CO)cc2C#N)CC1. The van der Waals surface area contributed by atoms with Crippen LogP contribution in [0.25, 0.3) is 0 Å². The Kier molecular flexibility index (Phi) is 4.11. The maximum atomic E-state index is 9.28. The van der Waals surface area contributed by atoms with Gasteiger partial charge in [0.05, 0.1) is 17.9 Å². The molecule has 0 aromatic heterocycles. The number of rotatable bonds is 2. The number of anilines is 1. The van der Waals surface area contributed by atoms with Crippen LogP contribution >= 0.6 is 0 Å². The monoisotopic (exact) mass is 258 g/mol. The molecule has 0 unspecified atom stereocenters. The molecule has 0 saturated carbocycles. The highest BCUT2D eigenvalue weighted by Gasteiger charge is 2.24. The molecule has 19 heavy (non-hydrogen) atoms. The number of nitrogens with zero attached hydrogens (tertiary/aromatic N) is 2. The van der Waals surface area contributed by atoms with E-state index in [1.165, 1.54) is 12.8 Å². The predicted molar refractivity (Wildman–Crippen MR) is 76.9 cm³/mol. The molecule has 1 N–H and O–H groups in total. The summed E-state index contributed by atoms with van der Waals surface area (Å²) in [5.41, 5.74) is 2.88. The minimum Gasteiger partial charge on any atom is -0.392 e. The number of hydrogen-bond donors (Lipinski definition) is 1. The summed E-state index contributed by atoms with van der Waals surface area (Å²) >= 11 is 0. The Balaban J connectivity index is 2.24. The van der Waals surface area contributed by atoms with Gasteiger partial charge >= 0.3 is 0 Å². The fraction of sp³-hybridized carbons (Fsp3) is 0.562. The van der Waals surface area contributed by atoms with Crippen molar-refractivity contribution in [2.24, 2.45) is 5.41 Å². The zero-order valence-electron chi connectivity index (χ0n) is 11.8. The number of aliphatic hydroxyl groups excluding tert-OH is 1. The molecule has 0 bridgehead atoms. The third-order valence-electron chi connectivity index (χ3n) is 4.04. The second-order valence-electron chi connectivity index (χ2n) is 6.13. The van der Waals surface area contributed by atoms with Gasteiger partial charge in [-0.25, -0.2) is 0 Å². The molecule has 1 aromatic carbocycles. The van der Waals surface area contributed by atoms with Crippen molar-refractivity contribution >= 4 is 5.69 Å². The molecule has 0 amide bonds. The van der Waals surface area contributed by atoms with Gasteiger partial charge in [-0.2, -0.15) is 5.26 Å². The Morgan fingerprint density at radius 2 is 2.11 bits per heavy atom. The van der Waals surface area contributed by atoms with Crippen LogP contribution in [0.2, 0.25) is 0 Å². The molecule has 1 heterocycles. The van der Waals surface area contributed by atoms with Gasteiger partial charge in [-0.1, -0.05) is 19.9 Å². The Morgan fingerprint density at radius 1 is 1.32 bits per heavy atom. The molecule has 3 nitrogen and oxygen atoms in total. The molecule has 3 heteroatoms. The zero-order valence-corrected chi connectivity index (χ0v) is 11.8. The van der Waals surface area contributed by atoms with E-state index in [1.54, 1.807) is 6.07 Å². The highest BCUT2D eigenvalue weighted by atomic mass is 16.3. The third-order valence-corrected chi connectivity index (χ3v) is 4.04. The van der Waals surface area contributed by atoms with Crippen molar-refractivity contribution in [3.05, 3.63) is 29.3 Å². The van der Waals surface area contributed by atoms with Crippen LogP contribution in [0.1, 0.15) is 44.2 Å². The summed E-state index contributed by atoms with van der Waals surface area (Å²) in [5, 5.41) is 18.4. The van der Waals surface area contributed by atoms with Crippen LogP contribution in [0.4, 0.5) is 5.69 Å². The van der Waals surface area contributed by atoms with Crippen molar-refractivity contribution in [3.63, 3.8) is 0 Å². The summed E-state index contributed by atoms with van der Waals surface area (Å²) in [6.45, 7) is 6.63. The minimum atomic E-state index is -0.0119. The van der Waals surface area contributed by atoms with Crippen LogP contribution < -0.4 is 4.90 Å². The molecule has 102 valence electrons. The topological polar surface area (TPSA) is 47.3 Å². The molecular formula is C16H22N2O. The van der Waals surface area contributed by atoms with E-state index in [1.807, 2.05) is 12.1 Å². The van der Waals surface area contributed by atoms with Gasteiger partial charge in [-0.15, -0.1) is 0 Å². The summed E-state index contributed by atoms with van der Waals surface area (Å²) in [4.78, 5) is 2.31. The molecule has 0 atom stereocenters. The Bertz CT molecular complexity index is 488. The van der Waals surface area contributed by atoms with Crippen molar-refractivity contribution < 1.29 is 5.11 Å². The Morgan fingerprint density at radius 3 is 2.79 bits per heavy atom. The first-order valence-corrected chi connectivity index (χ1v) is 6.94. The van der Waals surface area contributed by atoms with Gasteiger partial charge in [-0.3, -0.25) is 0 Å². The van der Waals surface area contributed by atoms with Gasteiger partial charge in [0.1, 0.15) is 6.07 Å². The quantitative estimate of drug-likeness (QED) is 0.886. The molecule has 0 spiro atoms. The van der Waals surface area contributed by atoms with E-state index in [0.29, 0.717) is 11.0 Å². The standard InChI is InChI=1S/C16H22N2O/c1-16(2)6-3-8-18(9-7-16)15-5-4-13(12-19)10-14(15)11-17/h4-5,10,19H,3,6-9,12H2,1-2H3. The van der Waals surface area contributed by atoms with Crippen LogP contribution in [0.15, 0.2) is 18.2 Å². The molecule has 1 aliphatic heterocycles. The molecular weight excluding hydrogens is 236 g/mol. The summed E-state index contributed by atoms with van der Waals surface area (Å²) in [5.74, 6) is 0. The van der Waals surface area contributed by atoms with Crippen molar-refractivity contribution in [3.8, 4) is 6.07 Å². The second-order valence-corrected chi connectivity index (χ2v) is 6.13. The van der Waals surface area contributed by atoms with E-state index in [2.05, 4.69) is 24.8 Å². The lowest BCUT2D eigenvalue weighted by Crippen LogP contribution is -2.25. The first-order valence-electron chi connectivity index (χ1n) is 6.94. The van der Waals surface area contributed by atoms with E-state index >= 15 is 0 Å². The average Bonchev–Trinajstić information content (AvgIpc) is 2.59. The van der Waals surface area contributed by atoms with Gasteiger partial charge in [0, 0.05) is 13.1 Å². The number of hydrogen-bond acceptors (Lipinski definition) is 3. The van der Waals surface area contributed by atoms with Crippen LogP contribution in [-0.2, 0) is 6.61 Å². The van der Waals surface area contributed by atoms with Crippen LogP contribution in [0, 0.1) is 16.7 Å². The van der Waals surface area contributed by atoms with Crippen LogP contribution in [-0.4, -0.2) is 18.2 Å². The first-order chi connectivity index (χ1) is 9.05. The van der Waals surface area contributed by atoms with Crippen molar-refractivity contribution in [1.82, 2.24) is 0 Å². The zero-order chi connectivity index (χ0) is 13.9. The second kappa shape index (κ2) is 5.63. The van der Waals surface area contributed by atoms with E-state index in [4.69, 9.17) is 5.11 Å². The first kappa shape index (κ1) is 13.9. The van der Waals surface area contributed by atoms with Crippen molar-refractivity contribution in [1.29, 1.82) is 5.26 Å². The highest BCUT2D eigenvalue weighted by molar-refractivity contribution is 5.60. The normalized spacial score (nSPS) is 18.7. The van der Waals surface area contributed by atoms with Gasteiger partial charge in [0.15, 0.2) is 0 Å². The number of nitriles is 1. The largest absolute Gasteiger partial charge is 0.392 e. The lowest BCUT2D eigenvalue weighted by molar-refractivity contribution is 0.282. The highest BCUT2D eigenvalue weighted by Crippen LogP contribution is 2.32. The van der Waals surface area contributed by atoms with Crippen LogP contribution in [0.5, 0.6) is 0 Å². The summed E-state index contributed by atoms with van der Waals surface area (Å²) in [7, 11) is 0. The van der Waals surface area contributed by atoms with Gasteiger partial charge in [-0.05, 0) is 42.4 Å². The molecule has 0 radical (unpaired) electrons. The number of aliphatic hydroxyl groups is 1. The summed E-state index contributed by atoms with van der Waals surface area (Å²) in [6, 6.07) is 7.94. The van der Waals surface area contributed by atoms with Gasteiger partial charge in [0.25, 0.3) is 0 Å². The third kappa shape index (κ3) is 3.27. The van der Waals surface area contributed by atoms with Gasteiger partial charge in [0.2, 0.25) is 0 Å². The average molecular weight is 258 g/mol. The molecule has 2 rings (SSSR count). The lowest BCUT2D eigenvalue weighted by Gasteiger charge is -2.25. The van der Waals surface area contributed by atoms with E-state index < -0.39 is 0 Å². The van der Waals surface area contributed by atoms with Gasteiger partial charge < -0.3 is 10.0 Å². The maximum absolute atomic E-state index is 9.28.